The van der Waals surface area contributed by atoms with E-state index in [1.54, 1.807) is 12.1 Å². The number of imide groups is 1. The lowest BCUT2D eigenvalue weighted by Gasteiger charge is -2.13. The molecule has 90 valence electrons. The molecule has 0 aliphatic carbocycles. The van der Waals surface area contributed by atoms with Gasteiger partial charge in [-0.3, -0.25) is 4.79 Å². The number of carbonyl (C=O) groups is 2. The lowest BCUT2D eigenvalue weighted by molar-refractivity contribution is -0.118. The van der Waals surface area contributed by atoms with Crippen LogP contribution in [0.4, 0.5) is 10.5 Å². The predicted molar refractivity (Wildman–Crippen MR) is 65.7 cm³/mol. The fourth-order valence-corrected chi connectivity index (χ4v) is 1.98. The number of anilines is 1. The Morgan fingerprint density at radius 3 is 2.47 bits per heavy atom. The van der Waals surface area contributed by atoms with Crippen molar-refractivity contribution in [3.8, 4) is 0 Å². The van der Waals surface area contributed by atoms with Crippen molar-refractivity contribution < 1.29 is 9.59 Å². The van der Waals surface area contributed by atoms with Crippen LogP contribution < -0.4 is 10.2 Å². The van der Waals surface area contributed by atoms with Gasteiger partial charge in [-0.05, 0) is 24.5 Å². The Hall–Kier alpha value is -1.84. The third-order valence-electron chi connectivity index (χ3n) is 2.74. The number of hydrogen-bond donors (Lipinski definition) is 1. The number of amides is 3. The highest BCUT2D eigenvalue weighted by Gasteiger charge is 2.38. The fraction of sp³-hybridized carbons (Fsp3) is 0.385. The monoisotopic (exact) mass is 232 g/mol. The van der Waals surface area contributed by atoms with Crippen molar-refractivity contribution in [3.63, 3.8) is 0 Å². The van der Waals surface area contributed by atoms with Gasteiger partial charge in [-0.1, -0.05) is 32.0 Å². The summed E-state index contributed by atoms with van der Waals surface area (Å²) in [7, 11) is 0. The van der Waals surface area contributed by atoms with Crippen molar-refractivity contribution in [2.24, 2.45) is 5.92 Å². The lowest BCUT2D eigenvalue weighted by atomic mass is 10.0. The zero-order valence-corrected chi connectivity index (χ0v) is 10.0. The van der Waals surface area contributed by atoms with Crippen molar-refractivity contribution in [3.05, 3.63) is 30.3 Å². The van der Waals surface area contributed by atoms with Gasteiger partial charge in [0.15, 0.2) is 0 Å². The molecular weight excluding hydrogens is 216 g/mol. The second-order valence-electron chi connectivity index (χ2n) is 4.64. The van der Waals surface area contributed by atoms with Gasteiger partial charge in [0.1, 0.15) is 6.04 Å². The Morgan fingerprint density at radius 1 is 1.24 bits per heavy atom. The van der Waals surface area contributed by atoms with Crippen LogP contribution >= 0.6 is 0 Å². The van der Waals surface area contributed by atoms with Crippen molar-refractivity contribution in [1.29, 1.82) is 0 Å². The molecule has 0 radical (unpaired) electrons. The molecule has 1 saturated heterocycles. The van der Waals surface area contributed by atoms with Gasteiger partial charge in [0, 0.05) is 0 Å². The van der Waals surface area contributed by atoms with Crippen LogP contribution in [0.15, 0.2) is 30.3 Å². The summed E-state index contributed by atoms with van der Waals surface area (Å²) in [6, 6.07) is 8.28. The van der Waals surface area contributed by atoms with Gasteiger partial charge < -0.3 is 5.32 Å². The zero-order chi connectivity index (χ0) is 12.4. The Labute approximate surface area is 101 Å². The SMILES string of the molecule is CC(C)CC1NC(=O)N(c2ccccc2)C1=O. The Morgan fingerprint density at radius 2 is 1.88 bits per heavy atom. The molecular formula is C13H16N2O2. The number of nitrogens with one attached hydrogen (secondary N) is 1. The number of hydrogen-bond acceptors (Lipinski definition) is 2. The molecule has 1 unspecified atom stereocenters. The molecule has 4 heteroatoms. The predicted octanol–water partition coefficient (Wildman–Crippen LogP) is 2.16. The maximum Gasteiger partial charge on any atom is 0.329 e. The number of urea groups is 1. The lowest BCUT2D eigenvalue weighted by Crippen LogP contribution is -2.31. The molecule has 0 bridgehead atoms. The maximum absolute atomic E-state index is 12.1. The second kappa shape index (κ2) is 4.57. The minimum absolute atomic E-state index is 0.157. The minimum atomic E-state index is -0.386. The summed E-state index contributed by atoms with van der Waals surface area (Å²) in [6.45, 7) is 4.06. The molecule has 1 aromatic carbocycles. The molecule has 1 aliphatic rings. The Kier molecular flexibility index (Phi) is 3.13. The summed E-state index contributed by atoms with van der Waals surface area (Å²) in [4.78, 5) is 25.1. The van der Waals surface area contributed by atoms with Crippen LogP contribution in [0.3, 0.4) is 0 Å². The van der Waals surface area contributed by atoms with E-state index in [4.69, 9.17) is 0 Å². The second-order valence-corrected chi connectivity index (χ2v) is 4.64. The number of benzene rings is 1. The smallest absolute Gasteiger partial charge is 0.325 e. The Balaban J connectivity index is 2.20. The molecule has 1 N–H and O–H groups in total. The van der Waals surface area contributed by atoms with E-state index in [0.29, 0.717) is 18.0 Å². The molecule has 1 fully saturated rings. The van der Waals surface area contributed by atoms with Crippen molar-refractivity contribution in [2.75, 3.05) is 4.90 Å². The number of rotatable bonds is 3. The van der Waals surface area contributed by atoms with Crippen LogP contribution in [-0.4, -0.2) is 18.0 Å². The molecule has 0 aromatic heterocycles. The fourth-order valence-electron chi connectivity index (χ4n) is 1.98. The topological polar surface area (TPSA) is 49.4 Å². The van der Waals surface area contributed by atoms with Crippen LogP contribution in [0.5, 0.6) is 0 Å². The molecule has 3 amide bonds. The van der Waals surface area contributed by atoms with Gasteiger partial charge in [0.2, 0.25) is 0 Å². The number of para-hydroxylation sites is 1. The van der Waals surface area contributed by atoms with E-state index < -0.39 is 0 Å². The highest BCUT2D eigenvalue weighted by molar-refractivity contribution is 6.21. The van der Waals surface area contributed by atoms with E-state index in [0.717, 1.165) is 0 Å². The molecule has 0 saturated carbocycles. The number of carbonyl (C=O) groups excluding carboxylic acids is 2. The molecule has 1 aromatic rings. The van der Waals surface area contributed by atoms with Gasteiger partial charge >= 0.3 is 6.03 Å². The standard InChI is InChI=1S/C13H16N2O2/c1-9(2)8-11-12(16)15(13(17)14-11)10-6-4-3-5-7-10/h3-7,9,11H,8H2,1-2H3,(H,14,17). The summed E-state index contributed by atoms with van der Waals surface area (Å²) in [5, 5.41) is 2.72. The molecule has 1 aliphatic heterocycles. The average Bonchev–Trinajstić information content (AvgIpc) is 2.54. The molecule has 2 rings (SSSR count). The molecule has 1 heterocycles. The Bertz CT molecular complexity index is 428. The molecule has 4 nitrogen and oxygen atoms in total. The van der Waals surface area contributed by atoms with Gasteiger partial charge in [-0.15, -0.1) is 0 Å². The molecule has 0 spiro atoms. The summed E-state index contributed by atoms with van der Waals surface area (Å²) < 4.78 is 0. The first-order valence-corrected chi connectivity index (χ1v) is 5.79. The highest BCUT2D eigenvalue weighted by Crippen LogP contribution is 2.21. The summed E-state index contributed by atoms with van der Waals surface area (Å²) >= 11 is 0. The largest absolute Gasteiger partial charge is 0.329 e. The first-order chi connectivity index (χ1) is 8.09. The van der Waals surface area contributed by atoms with Gasteiger partial charge in [-0.25, -0.2) is 9.69 Å². The first kappa shape index (κ1) is 11.6. The summed E-state index contributed by atoms with van der Waals surface area (Å²) in [5.74, 6) is 0.217. The van der Waals surface area contributed by atoms with E-state index >= 15 is 0 Å². The van der Waals surface area contributed by atoms with Crippen molar-refractivity contribution >= 4 is 17.6 Å². The summed E-state index contributed by atoms with van der Waals surface area (Å²) in [6.07, 6.45) is 0.675. The van der Waals surface area contributed by atoms with Crippen molar-refractivity contribution in [2.45, 2.75) is 26.3 Å². The van der Waals surface area contributed by atoms with Crippen LogP contribution in [-0.2, 0) is 4.79 Å². The first-order valence-electron chi connectivity index (χ1n) is 5.79. The van der Waals surface area contributed by atoms with Gasteiger partial charge in [-0.2, -0.15) is 0 Å². The van der Waals surface area contributed by atoms with Gasteiger partial charge in [0.25, 0.3) is 5.91 Å². The van der Waals surface area contributed by atoms with E-state index in [2.05, 4.69) is 5.32 Å². The van der Waals surface area contributed by atoms with E-state index in [9.17, 15) is 9.59 Å². The van der Waals surface area contributed by atoms with Crippen LogP contribution in [0.25, 0.3) is 0 Å². The van der Waals surface area contributed by atoms with Gasteiger partial charge in [0.05, 0.1) is 5.69 Å². The minimum Gasteiger partial charge on any atom is -0.325 e. The molecule has 17 heavy (non-hydrogen) atoms. The third kappa shape index (κ3) is 2.30. The average molecular weight is 232 g/mol. The number of nitrogens with zero attached hydrogens (tertiary/aromatic N) is 1. The van der Waals surface area contributed by atoms with E-state index in [1.807, 2.05) is 32.0 Å². The quantitative estimate of drug-likeness (QED) is 0.812. The van der Waals surface area contributed by atoms with Crippen molar-refractivity contribution in [1.82, 2.24) is 5.32 Å². The normalized spacial score (nSPS) is 19.9. The highest BCUT2D eigenvalue weighted by atomic mass is 16.2. The zero-order valence-electron chi connectivity index (χ0n) is 10.0. The van der Waals surface area contributed by atoms with E-state index in [-0.39, 0.29) is 18.0 Å². The van der Waals surface area contributed by atoms with Crippen LogP contribution in [0.1, 0.15) is 20.3 Å². The van der Waals surface area contributed by atoms with Crippen LogP contribution in [0, 0.1) is 5.92 Å². The third-order valence-corrected chi connectivity index (χ3v) is 2.74. The summed E-state index contributed by atoms with van der Waals surface area (Å²) in [5.41, 5.74) is 0.626. The van der Waals surface area contributed by atoms with Crippen LogP contribution in [0.2, 0.25) is 0 Å². The molecule has 1 atom stereocenters. The maximum atomic E-state index is 12.1. The van der Waals surface area contributed by atoms with E-state index in [1.165, 1.54) is 4.90 Å².